The predicted octanol–water partition coefficient (Wildman–Crippen LogP) is 2.73. The summed E-state index contributed by atoms with van der Waals surface area (Å²) in [5.74, 6) is -0.205. The van der Waals surface area contributed by atoms with Crippen molar-refractivity contribution in [3.63, 3.8) is 0 Å². The van der Waals surface area contributed by atoms with Gasteiger partial charge in [0.05, 0.1) is 10.7 Å². The minimum atomic E-state index is -3.53. The van der Waals surface area contributed by atoms with Gasteiger partial charge >= 0.3 is 0 Å². The molecule has 0 aliphatic heterocycles. The first kappa shape index (κ1) is 17.0. The number of amides is 1. The predicted molar refractivity (Wildman–Crippen MR) is 89.0 cm³/mol. The molecule has 8 heteroatoms. The van der Waals surface area contributed by atoms with Gasteiger partial charge in [-0.1, -0.05) is 29.8 Å². The average molecular weight is 359 g/mol. The van der Waals surface area contributed by atoms with Crippen molar-refractivity contribution in [2.75, 3.05) is 18.0 Å². The van der Waals surface area contributed by atoms with Gasteiger partial charge in [0.2, 0.25) is 15.9 Å². The zero-order valence-corrected chi connectivity index (χ0v) is 14.2. The molecule has 0 unspecified atom stereocenters. The van der Waals surface area contributed by atoms with Crippen LogP contribution in [0.2, 0.25) is 5.02 Å². The number of carbonyl (C=O) groups is 1. The molecule has 5 nitrogen and oxygen atoms in total. The molecule has 2 rings (SSSR count). The van der Waals surface area contributed by atoms with Crippen LogP contribution in [0.4, 0.5) is 5.69 Å². The van der Waals surface area contributed by atoms with E-state index in [0.717, 1.165) is 11.3 Å². The van der Waals surface area contributed by atoms with Crippen LogP contribution in [0, 0.1) is 0 Å². The first-order valence-corrected chi connectivity index (χ1v) is 9.21. The third-order valence-corrected chi connectivity index (χ3v) is 6.09. The molecule has 1 N–H and O–H groups in total. The van der Waals surface area contributed by atoms with E-state index in [1.807, 2.05) is 0 Å². The molecule has 0 saturated carbocycles. The van der Waals surface area contributed by atoms with Crippen LogP contribution in [0.15, 0.2) is 46.0 Å². The first-order valence-electron chi connectivity index (χ1n) is 6.47. The lowest BCUT2D eigenvalue weighted by Crippen LogP contribution is -2.37. The second-order valence-electron chi connectivity index (χ2n) is 4.45. The highest BCUT2D eigenvalue weighted by atomic mass is 35.5. The van der Waals surface area contributed by atoms with Gasteiger partial charge < -0.3 is 4.90 Å². The Morgan fingerprint density at radius 3 is 2.59 bits per heavy atom. The topological polar surface area (TPSA) is 66.5 Å². The van der Waals surface area contributed by atoms with Gasteiger partial charge in [0, 0.05) is 20.0 Å². The molecule has 1 aromatic heterocycles. The number of thiophene rings is 1. The highest BCUT2D eigenvalue weighted by Gasteiger charge is 2.17. The number of nitrogens with zero attached hydrogens (tertiary/aromatic N) is 1. The van der Waals surface area contributed by atoms with Crippen molar-refractivity contribution < 1.29 is 13.2 Å². The Morgan fingerprint density at radius 2 is 2.00 bits per heavy atom. The number of para-hydroxylation sites is 1. The third-order valence-electron chi connectivity index (χ3n) is 2.91. The van der Waals surface area contributed by atoms with E-state index in [4.69, 9.17) is 11.6 Å². The summed E-state index contributed by atoms with van der Waals surface area (Å²) in [6.45, 7) is 1.71. The van der Waals surface area contributed by atoms with Crippen molar-refractivity contribution in [3.8, 4) is 0 Å². The number of sulfonamides is 1. The molecule has 0 saturated heterocycles. The number of anilines is 1. The molecule has 0 atom stereocenters. The first-order chi connectivity index (χ1) is 10.4. The molecule has 0 bridgehead atoms. The number of nitrogens with one attached hydrogen (secondary N) is 1. The number of rotatable bonds is 6. The summed E-state index contributed by atoms with van der Waals surface area (Å²) in [6.07, 6.45) is 0. The highest BCUT2D eigenvalue weighted by molar-refractivity contribution is 7.91. The minimum Gasteiger partial charge on any atom is -0.310 e. The van der Waals surface area contributed by atoms with E-state index in [-0.39, 0.29) is 23.2 Å². The van der Waals surface area contributed by atoms with Crippen LogP contribution < -0.4 is 9.62 Å². The fourth-order valence-electron chi connectivity index (χ4n) is 1.90. The maximum atomic E-state index is 12.0. The van der Waals surface area contributed by atoms with E-state index in [1.165, 1.54) is 17.9 Å². The Morgan fingerprint density at radius 1 is 1.27 bits per heavy atom. The van der Waals surface area contributed by atoms with Gasteiger partial charge in [0.15, 0.2) is 0 Å². The van der Waals surface area contributed by atoms with E-state index in [0.29, 0.717) is 10.7 Å². The largest absolute Gasteiger partial charge is 0.310 e. The van der Waals surface area contributed by atoms with Crippen LogP contribution in [0.5, 0.6) is 0 Å². The fourth-order valence-corrected chi connectivity index (χ4v) is 4.19. The highest BCUT2D eigenvalue weighted by Crippen LogP contribution is 2.25. The summed E-state index contributed by atoms with van der Waals surface area (Å²) in [6, 6.07) is 10.1. The van der Waals surface area contributed by atoms with Crippen LogP contribution in [-0.4, -0.2) is 27.4 Å². The van der Waals surface area contributed by atoms with Gasteiger partial charge in [-0.05, 0) is 23.6 Å². The van der Waals surface area contributed by atoms with Crippen molar-refractivity contribution in [2.45, 2.75) is 11.1 Å². The molecule has 1 aromatic carbocycles. The molecular weight excluding hydrogens is 344 g/mol. The summed E-state index contributed by atoms with van der Waals surface area (Å²) < 4.78 is 26.8. The van der Waals surface area contributed by atoms with Crippen LogP contribution in [0.3, 0.4) is 0 Å². The van der Waals surface area contributed by atoms with Gasteiger partial charge in [0.25, 0.3) is 0 Å². The van der Waals surface area contributed by atoms with E-state index in [2.05, 4.69) is 4.72 Å². The maximum absolute atomic E-state index is 12.0. The van der Waals surface area contributed by atoms with E-state index >= 15 is 0 Å². The lowest BCUT2D eigenvalue weighted by molar-refractivity contribution is -0.116. The van der Waals surface area contributed by atoms with Gasteiger partial charge in [-0.3, -0.25) is 4.79 Å². The second-order valence-corrected chi connectivity index (χ2v) is 7.80. The second kappa shape index (κ2) is 7.23. The Labute approximate surface area is 138 Å². The number of hydrogen-bond donors (Lipinski definition) is 1. The van der Waals surface area contributed by atoms with Crippen LogP contribution >= 0.6 is 22.9 Å². The van der Waals surface area contributed by atoms with E-state index < -0.39 is 10.0 Å². The van der Waals surface area contributed by atoms with Crippen molar-refractivity contribution in [1.29, 1.82) is 0 Å². The third kappa shape index (κ3) is 4.07. The number of halogens is 1. The molecule has 22 heavy (non-hydrogen) atoms. The molecule has 118 valence electrons. The summed E-state index contributed by atoms with van der Waals surface area (Å²) >= 11 is 7.22. The Balaban J connectivity index is 2.05. The van der Waals surface area contributed by atoms with Crippen molar-refractivity contribution >= 4 is 44.6 Å². The smallest absolute Gasteiger partial charge is 0.250 e. The monoisotopic (exact) mass is 358 g/mol. The van der Waals surface area contributed by atoms with Crippen LogP contribution in [-0.2, 0) is 14.8 Å². The zero-order valence-electron chi connectivity index (χ0n) is 11.8. The standard InChI is InChI=1S/C14H15ClN2O3S2/c1-11(18)17(13-6-3-2-5-12(13)15)9-8-16-22(19,20)14-7-4-10-21-14/h2-7,10,16H,8-9H2,1H3. The molecule has 0 fully saturated rings. The number of hydrogen-bond acceptors (Lipinski definition) is 4. The van der Waals surface area contributed by atoms with Crippen molar-refractivity contribution in [2.24, 2.45) is 0 Å². The van der Waals surface area contributed by atoms with Gasteiger partial charge in [0.1, 0.15) is 4.21 Å². The number of benzene rings is 1. The van der Waals surface area contributed by atoms with Gasteiger partial charge in [-0.25, -0.2) is 13.1 Å². The molecule has 2 aromatic rings. The molecule has 0 radical (unpaired) electrons. The lowest BCUT2D eigenvalue weighted by atomic mass is 10.3. The molecule has 0 aliphatic carbocycles. The van der Waals surface area contributed by atoms with Crippen molar-refractivity contribution in [1.82, 2.24) is 4.72 Å². The fraction of sp³-hybridized carbons (Fsp3) is 0.214. The molecular formula is C14H15ClN2O3S2. The quantitative estimate of drug-likeness (QED) is 0.863. The minimum absolute atomic E-state index is 0.102. The number of carbonyl (C=O) groups excluding carboxylic acids is 1. The summed E-state index contributed by atoms with van der Waals surface area (Å²) in [7, 11) is -3.53. The Bertz CT molecular complexity index is 745. The zero-order chi connectivity index (χ0) is 16.2. The maximum Gasteiger partial charge on any atom is 0.250 e. The summed E-state index contributed by atoms with van der Waals surface area (Å²) in [5.41, 5.74) is 0.562. The van der Waals surface area contributed by atoms with E-state index in [1.54, 1.807) is 35.7 Å². The normalized spacial score (nSPS) is 11.4. The summed E-state index contributed by atoms with van der Waals surface area (Å²) in [4.78, 5) is 13.2. The average Bonchev–Trinajstić information content (AvgIpc) is 2.99. The molecule has 1 heterocycles. The summed E-state index contributed by atoms with van der Waals surface area (Å²) in [5, 5.41) is 2.14. The van der Waals surface area contributed by atoms with Crippen molar-refractivity contribution in [3.05, 3.63) is 46.8 Å². The van der Waals surface area contributed by atoms with E-state index in [9.17, 15) is 13.2 Å². The molecule has 0 spiro atoms. The van der Waals surface area contributed by atoms with Crippen LogP contribution in [0.1, 0.15) is 6.92 Å². The Hall–Kier alpha value is -1.41. The SMILES string of the molecule is CC(=O)N(CCNS(=O)(=O)c1cccs1)c1ccccc1Cl. The molecule has 0 aliphatic rings. The molecule has 1 amide bonds. The van der Waals surface area contributed by atoms with Gasteiger partial charge in [-0.2, -0.15) is 0 Å². The Kier molecular flexibility index (Phi) is 5.57. The lowest BCUT2D eigenvalue weighted by Gasteiger charge is -2.22. The van der Waals surface area contributed by atoms with Gasteiger partial charge in [-0.15, -0.1) is 11.3 Å². The van der Waals surface area contributed by atoms with Crippen LogP contribution in [0.25, 0.3) is 0 Å².